The first-order valence-electron chi connectivity index (χ1n) is 5.73. The summed E-state index contributed by atoms with van der Waals surface area (Å²) in [7, 11) is 1.38. The van der Waals surface area contributed by atoms with Crippen LogP contribution in [0, 0.1) is 5.92 Å². The van der Waals surface area contributed by atoms with E-state index in [2.05, 4.69) is 10.1 Å². The molecule has 0 aromatic heterocycles. The van der Waals surface area contributed by atoms with Gasteiger partial charge in [0.1, 0.15) is 0 Å². The molecule has 0 radical (unpaired) electrons. The van der Waals surface area contributed by atoms with E-state index in [1.807, 2.05) is 0 Å². The molecule has 0 spiro atoms. The van der Waals surface area contributed by atoms with Crippen LogP contribution in [0.5, 0.6) is 0 Å². The smallest absolute Gasteiger partial charge is 0.305 e. The Labute approximate surface area is 96.0 Å². The molecule has 1 aliphatic carbocycles. The minimum atomic E-state index is -0.202. The van der Waals surface area contributed by atoms with Crippen molar-refractivity contribution in [2.45, 2.75) is 32.1 Å². The zero-order valence-electron chi connectivity index (χ0n) is 9.70. The molecule has 0 bridgehead atoms. The molecule has 1 N–H and O–H groups in total. The fourth-order valence-corrected chi connectivity index (χ4v) is 1.28. The molecular formula is C12H19NO3. The van der Waals surface area contributed by atoms with Crippen LogP contribution in [-0.4, -0.2) is 25.5 Å². The zero-order chi connectivity index (χ0) is 11.8. The van der Waals surface area contributed by atoms with Crippen LogP contribution in [0.3, 0.4) is 0 Å². The van der Waals surface area contributed by atoms with Crippen LogP contribution < -0.4 is 5.32 Å². The Morgan fingerprint density at radius 2 is 2.19 bits per heavy atom. The monoisotopic (exact) mass is 225 g/mol. The first-order chi connectivity index (χ1) is 7.72. The second-order valence-electron chi connectivity index (χ2n) is 4.06. The fourth-order valence-electron chi connectivity index (χ4n) is 1.28. The molecule has 16 heavy (non-hydrogen) atoms. The van der Waals surface area contributed by atoms with Gasteiger partial charge in [0.25, 0.3) is 0 Å². The number of hydrogen-bond donors (Lipinski definition) is 1. The van der Waals surface area contributed by atoms with Gasteiger partial charge in [-0.3, -0.25) is 9.59 Å². The number of unbranched alkanes of at least 4 members (excludes halogenated alkanes) is 1. The summed E-state index contributed by atoms with van der Waals surface area (Å²) in [6, 6.07) is 0. The highest BCUT2D eigenvalue weighted by Crippen LogP contribution is 2.27. The van der Waals surface area contributed by atoms with Crippen molar-refractivity contribution >= 4 is 11.9 Å². The SMILES string of the molecule is COC(=O)CCC/C=C/C(=O)NCC1CC1. The quantitative estimate of drug-likeness (QED) is 0.405. The van der Waals surface area contributed by atoms with E-state index < -0.39 is 0 Å². The second kappa shape index (κ2) is 7.04. The molecule has 1 saturated carbocycles. The molecule has 0 saturated heterocycles. The van der Waals surface area contributed by atoms with Gasteiger partial charge in [-0.15, -0.1) is 0 Å². The van der Waals surface area contributed by atoms with Gasteiger partial charge in [0.2, 0.25) is 5.91 Å². The van der Waals surface area contributed by atoms with Gasteiger partial charge in [0, 0.05) is 13.0 Å². The lowest BCUT2D eigenvalue weighted by molar-refractivity contribution is -0.140. The van der Waals surface area contributed by atoms with E-state index in [1.54, 1.807) is 12.2 Å². The summed E-state index contributed by atoms with van der Waals surface area (Å²) in [5.74, 6) is 0.466. The number of hydrogen-bond acceptors (Lipinski definition) is 3. The summed E-state index contributed by atoms with van der Waals surface area (Å²) in [5.41, 5.74) is 0. The molecule has 0 aliphatic heterocycles. The van der Waals surface area contributed by atoms with Crippen molar-refractivity contribution in [3.8, 4) is 0 Å². The van der Waals surface area contributed by atoms with Crippen molar-refractivity contribution in [1.82, 2.24) is 5.32 Å². The molecule has 1 fully saturated rings. The van der Waals surface area contributed by atoms with Gasteiger partial charge in [0.05, 0.1) is 7.11 Å². The third-order valence-corrected chi connectivity index (χ3v) is 2.51. The van der Waals surface area contributed by atoms with E-state index in [1.165, 1.54) is 20.0 Å². The van der Waals surface area contributed by atoms with Crippen molar-refractivity contribution in [1.29, 1.82) is 0 Å². The normalized spacial score (nSPS) is 15.1. The number of carbonyl (C=O) groups is 2. The van der Waals surface area contributed by atoms with Crippen LogP contribution in [0.4, 0.5) is 0 Å². The lowest BCUT2D eigenvalue weighted by atomic mass is 10.2. The van der Waals surface area contributed by atoms with Crippen LogP contribution >= 0.6 is 0 Å². The predicted octanol–water partition coefficient (Wildman–Crippen LogP) is 1.41. The Bertz CT molecular complexity index is 269. The molecule has 1 amide bonds. The van der Waals surface area contributed by atoms with Gasteiger partial charge in [-0.25, -0.2) is 0 Å². The number of carbonyl (C=O) groups excluding carboxylic acids is 2. The van der Waals surface area contributed by atoms with E-state index >= 15 is 0 Å². The molecule has 90 valence electrons. The van der Waals surface area contributed by atoms with Crippen LogP contribution in [-0.2, 0) is 14.3 Å². The number of amides is 1. The lowest BCUT2D eigenvalue weighted by Crippen LogP contribution is -2.23. The van der Waals surface area contributed by atoms with Crippen molar-refractivity contribution in [3.05, 3.63) is 12.2 Å². The number of ether oxygens (including phenoxy) is 1. The third-order valence-electron chi connectivity index (χ3n) is 2.51. The van der Waals surface area contributed by atoms with Gasteiger partial charge >= 0.3 is 5.97 Å². The third kappa shape index (κ3) is 6.22. The van der Waals surface area contributed by atoms with E-state index in [-0.39, 0.29) is 11.9 Å². The minimum absolute atomic E-state index is 0.0371. The van der Waals surface area contributed by atoms with E-state index in [0.717, 1.165) is 19.4 Å². The van der Waals surface area contributed by atoms with Gasteiger partial charge < -0.3 is 10.1 Å². The summed E-state index contributed by atoms with van der Waals surface area (Å²) in [4.78, 5) is 22.0. The van der Waals surface area contributed by atoms with Crippen molar-refractivity contribution in [2.75, 3.05) is 13.7 Å². The lowest BCUT2D eigenvalue weighted by Gasteiger charge is -1.98. The number of allylic oxidation sites excluding steroid dienone is 1. The molecule has 1 rings (SSSR count). The van der Waals surface area contributed by atoms with Gasteiger partial charge in [-0.1, -0.05) is 6.08 Å². The fraction of sp³-hybridized carbons (Fsp3) is 0.667. The van der Waals surface area contributed by atoms with Crippen LogP contribution in [0.1, 0.15) is 32.1 Å². The van der Waals surface area contributed by atoms with Gasteiger partial charge in [0.15, 0.2) is 0 Å². The molecule has 0 atom stereocenters. The average molecular weight is 225 g/mol. The first-order valence-corrected chi connectivity index (χ1v) is 5.73. The standard InChI is InChI=1S/C12H19NO3/c1-16-12(15)6-4-2-3-5-11(14)13-9-10-7-8-10/h3,5,10H,2,4,6-9H2,1H3,(H,13,14)/b5-3+. The maximum atomic E-state index is 11.2. The average Bonchev–Trinajstić information content (AvgIpc) is 3.09. The van der Waals surface area contributed by atoms with E-state index in [4.69, 9.17) is 0 Å². The van der Waals surface area contributed by atoms with Crippen molar-refractivity contribution < 1.29 is 14.3 Å². The summed E-state index contributed by atoms with van der Waals surface area (Å²) in [5, 5.41) is 2.84. The molecule has 0 aromatic rings. The molecule has 0 unspecified atom stereocenters. The van der Waals surface area contributed by atoms with Crippen molar-refractivity contribution in [3.63, 3.8) is 0 Å². The molecule has 4 heteroatoms. The van der Waals surface area contributed by atoms with Crippen LogP contribution in [0.25, 0.3) is 0 Å². The summed E-state index contributed by atoms with van der Waals surface area (Å²) in [6.45, 7) is 0.797. The highest BCUT2D eigenvalue weighted by atomic mass is 16.5. The maximum Gasteiger partial charge on any atom is 0.305 e. The molecule has 1 aliphatic rings. The topological polar surface area (TPSA) is 55.4 Å². The predicted molar refractivity (Wildman–Crippen MR) is 60.7 cm³/mol. The zero-order valence-corrected chi connectivity index (χ0v) is 9.70. The van der Waals surface area contributed by atoms with Gasteiger partial charge in [-0.05, 0) is 37.7 Å². The summed E-state index contributed by atoms with van der Waals surface area (Å²) in [6.07, 6.45) is 7.67. The number of methoxy groups -OCH3 is 1. The van der Waals surface area contributed by atoms with E-state index in [9.17, 15) is 9.59 Å². The Morgan fingerprint density at radius 1 is 1.44 bits per heavy atom. The maximum absolute atomic E-state index is 11.2. The Morgan fingerprint density at radius 3 is 2.81 bits per heavy atom. The first kappa shape index (κ1) is 12.7. The largest absolute Gasteiger partial charge is 0.469 e. The van der Waals surface area contributed by atoms with E-state index in [0.29, 0.717) is 12.3 Å². The van der Waals surface area contributed by atoms with Crippen molar-refractivity contribution in [2.24, 2.45) is 5.92 Å². The summed E-state index contributed by atoms with van der Waals surface area (Å²) < 4.78 is 4.51. The van der Waals surface area contributed by atoms with Crippen LogP contribution in [0.15, 0.2) is 12.2 Å². The molecule has 0 heterocycles. The second-order valence-corrected chi connectivity index (χ2v) is 4.06. The molecular weight excluding hydrogens is 206 g/mol. The highest BCUT2D eigenvalue weighted by molar-refractivity contribution is 5.87. The Balaban J connectivity index is 1.97. The number of nitrogens with one attached hydrogen (secondary N) is 1. The Kier molecular flexibility index (Phi) is 5.61. The molecule has 4 nitrogen and oxygen atoms in total. The van der Waals surface area contributed by atoms with Crippen LogP contribution in [0.2, 0.25) is 0 Å². The molecule has 0 aromatic carbocycles. The Hall–Kier alpha value is -1.32. The summed E-state index contributed by atoms with van der Waals surface area (Å²) >= 11 is 0. The number of esters is 1. The number of rotatable bonds is 7. The van der Waals surface area contributed by atoms with Gasteiger partial charge in [-0.2, -0.15) is 0 Å². The highest BCUT2D eigenvalue weighted by Gasteiger charge is 2.20. The minimum Gasteiger partial charge on any atom is -0.469 e.